The number of hydrogen-bond acceptors (Lipinski definition) is 2. The Labute approximate surface area is 99.5 Å². The molecule has 0 amide bonds. The molecule has 0 aromatic heterocycles. The average Bonchev–Trinajstić information content (AvgIpc) is 2.31. The molecular weight excluding hydrogens is 216 g/mol. The van der Waals surface area contributed by atoms with Crippen LogP contribution in [0.5, 0.6) is 0 Å². The van der Waals surface area contributed by atoms with Crippen LogP contribution < -0.4 is 0 Å². The molecule has 0 aliphatic heterocycles. The number of carboxylic acid groups (broad SMARTS) is 1. The van der Waals surface area contributed by atoms with Gasteiger partial charge < -0.3 is 5.11 Å². The molecule has 1 aromatic rings. The molecular formula is C14H14O3. The minimum absolute atomic E-state index is 0.159. The lowest BCUT2D eigenvalue weighted by Crippen LogP contribution is -2.47. The van der Waals surface area contributed by atoms with Crippen molar-refractivity contribution in [2.24, 2.45) is 5.41 Å². The summed E-state index contributed by atoms with van der Waals surface area (Å²) in [5.41, 5.74) is 1.33. The van der Waals surface area contributed by atoms with Gasteiger partial charge in [0.25, 0.3) is 0 Å². The lowest BCUT2D eigenvalue weighted by atomic mass is 9.54. The third kappa shape index (κ3) is 1.22. The number of rotatable bonds is 1. The molecule has 3 nitrogen and oxygen atoms in total. The molecule has 3 aliphatic rings. The van der Waals surface area contributed by atoms with Crippen LogP contribution in [0.15, 0.2) is 24.3 Å². The predicted octanol–water partition coefficient (Wildman–Crippen LogP) is 2.32. The van der Waals surface area contributed by atoms with E-state index in [0.717, 1.165) is 11.1 Å². The summed E-state index contributed by atoms with van der Waals surface area (Å²) in [5, 5.41) is 9.42. The van der Waals surface area contributed by atoms with Crippen LogP contribution in [0.25, 0.3) is 0 Å². The van der Waals surface area contributed by atoms with Gasteiger partial charge in [0.05, 0.1) is 5.41 Å². The fourth-order valence-electron chi connectivity index (χ4n) is 3.37. The van der Waals surface area contributed by atoms with Crippen LogP contribution in [0.4, 0.5) is 0 Å². The van der Waals surface area contributed by atoms with E-state index in [2.05, 4.69) is 0 Å². The van der Waals surface area contributed by atoms with Gasteiger partial charge in [0.1, 0.15) is 5.78 Å². The maximum Gasteiger partial charge on any atom is 0.310 e. The maximum atomic E-state index is 11.9. The van der Waals surface area contributed by atoms with E-state index in [9.17, 15) is 14.7 Å². The topological polar surface area (TPSA) is 54.4 Å². The molecule has 1 aromatic carbocycles. The number of aliphatic carboxylic acids is 1. The smallest absolute Gasteiger partial charge is 0.310 e. The van der Waals surface area contributed by atoms with Crippen LogP contribution >= 0.6 is 0 Å². The van der Waals surface area contributed by atoms with Crippen LogP contribution in [-0.4, -0.2) is 16.9 Å². The second kappa shape index (κ2) is 3.19. The second-order valence-electron chi connectivity index (χ2n) is 5.33. The Balaban J connectivity index is 2.20. The summed E-state index contributed by atoms with van der Waals surface area (Å²) >= 11 is 0. The molecule has 4 rings (SSSR count). The molecule has 3 atom stereocenters. The Kier molecular flexibility index (Phi) is 1.97. The van der Waals surface area contributed by atoms with E-state index in [4.69, 9.17) is 0 Å². The molecule has 2 bridgehead atoms. The second-order valence-corrected chi connectivity index (χ2v) is 5.33. The Bertz CT molecular complexity index is 520. The van der Waals surface area contributed by atoms with Crippen molar-refractivity contribution < 1.29 is 14.7 Å². The quantitative estimate of drug-likeness (QED) is 0.805. The van der Waals surface area contributed by atoms with Crippen molar-refractivity contribution in [3.05, 3.63) is 35.4 Å². The Hall–Kier alpha value is -1.64. The molecule has 0 heterocycles. The first-order valence-electron chi connectivity index (χ1n) is 5.89. The van der Waals surface area contributed by atoms with Gasteiger partial charge in [-0.3, -0.25) is 9.59 Å². The normalized spacial score (nSPS) is 34.5. The molecule has 1 unspecified atom stereocenters. The van der Waals surface area contributed by atoms with E-state index in [1.54, 1.807) is 6.92 Å². The van der Waals surface area contributed by atoms with Crippen molar-refractivity contribution in [3.63, 3.8) is 0 Å². The van der Waals surface area contributed by atoms with Crippen LogP contribution in [-0.2, 0) is 9.59 Å². The number of carbonyl (C=O) groups excluding carboxylic acids is 1. The Morgan fingerprint density at radius 3 is 2.65 bits per heavy atom. The van der Waals surface area contributed by atoms with E-state index in [-0.39, 0.29) is 17.6 Å². The zero-order valence-electron chi connectivity index (χ0n) is 9.64. The van der Waals surface area contributed by atoms with Crippen molar-refractivity contribution in [3.8, 4) is 0 Å². The SMILES string of the molecule is C[C@]1(C(=O)O)C[C@@H]2C(=O)CC1c1ccccc12. The van der Waals surface area contributed by atoms with Crippen LogP contribution in [0.1, 0.15) is 42.7 Å². The molecule has 3 heteroatoms. The van der Waals surface area contributed by atoms with Gasteiger partial charge in [0.15, 0.2) is 0 Å². The van der Waals surface area contributed by atoms with Gasteiger partial charge in [-0.1, -0.05) is 24.3 Å². The number of fused-ring (bicyclic) bond motifs is 2. The van der Waals surface area contributed by atoms with Gasteiger partial charge in [-0.05, 0) is 24.5 Å². The van der Waals surface area contributed by atoms with E-state index in [0.29, 0.717) is 12.8 Å². The van der Waals surface area contributed by atoms with E-state index in [1.807, 2.05) is 24.3 Å². The van der Waals surface area contributed by atoms with Gasteiger partial charge >= 0.3 is 5.97 Å². The van der Waals surface area contributed by atoms with Crippen molar-refractivity contribution in [2.45, 2.75) is 31.6 Å². The Morgan fingerprint density at radius 1 is 1.35 bits per heavy atom. The molecule has 1 N–H and O–H groups in total. The number of carboxylic acids is 1. The van der Waals surface area contributed by atoms with Crippen LogP contribution in [0.2, 0.25) is 0 Å². The zero-order chi connectivity index (χ0) is 12.2. The van der Waals surface area contributed by atoms with E-state index < -0.39 is 11.4 Å². The third-order valence-electron chi connectivity index (χ3n) is 4.43. The maximum absolute atomic E-state index is 11.9. The summed E-state index contributed by atoms with van der Waals surface area (Å²) in [7, 11) is 0. The number of carbonyl (C=O) groups is 2. The summed E-state index contributed by atoms with van der Waals surface area (Å²) in [4.78, 5) is 23.4. The highest BCUT2D eigenvalue weighted by Gasteiger charge is 2.54. The molecule has 88 valence electrons. The molecule has 1 fully saturated rings. The van der Waals surface area contributed by atoms with Crippen LogP contribution in [0, 0.1) is 5.41 Å². The molecule has 0 radical (unpaired) electrons. The first-order valence-corrected chi connectivity index (χ1v) is 5.89. The highest BCUT2D eigenvalue weighted by Crippen LogP contribution is 2.57. The van der Waals surface area contributed by atoms with E-state index in [1.165, 1.54) is 0 Å². The third-order valence-corrected chi connectivity index (χ3v) is 4.43. The largest absolute Gasteiger partial charge is 0.481 e. The highest BCUT2D eigenvalue weighted by molar-refractivity contribution is 5.93. The fraction of sp³-hybridized carbons (Fsp3) is 0.429. The van der Waals surface area contributed by atoms with Gasteiger partial charge in [-0.2, -0.15) is 0 Å². The van der Waals surface area contributed by atoms with Crippen LogP contribution in [0.3, 0.4) is 0 Å². The predicted molar refractivity (Wildman–Crippen MR) is 61.9 cm³/mol. The van der Waals surface area contributed by atoms with Crippen molar-refractivity contribution >= 4 is 11.8 Å². The number of ketones is 1. The number of benzene rings is 1. The van der Waals surface area contributed by atoms with Crippen molar-refractivity contribution in [1.29, 1.82) is 0 Å². The van der Waals surface area contributed by atoms with Crippen molar-refractivity contribution in [2.75, 3.05) is 0 Å². The molecule has 3 aliphatic carbocycles. The Morgan fingerprint density at radius 2 is 2.00 bits per heavy atom. The summed E-state index contributed by atoms with van der Waals surface area (Å²) < 4.78 is 0. The highest BCUT2D eigenvalue weighted by atomic mass is 16.4. The monoisotopic (exact) mass is 230 g/mol. The van der Waals surface area contributed by atoms with Gasteiger partial charge in [-0.25, -0.2) is 0 Å². The lowest BCUT2D eigenvalue weighted by molar-refractivity contribution is -0.153. The number of hydrogen-bond donors (Lipinski definition) is 1. The minimum atomic E-state index is -0.785. The molecule has 1 saturated carbocycles. The van der Waals surface area contributed by atoms with Crippen molar-refractivity contribution in [1.82, 2.24) is 0 Å². The molecule has 17 heavy (non-hydrogen) atoms. The molecule has 0 saturated heterocycles. The summed E-state index contributed by atoms with van der Waals surface area (Å²) in [5.74, 6) is -0.951. The summed E-state index contributed by atoms with van der Waals surface area (Å²) in [6.45, 7) is 1.77. The van der Waals surface area contributed by atoms with E-state index >= 15 is 0 Å². The average molecular weight is 230 g/mol. The van der Waals surface area contributed by atoms with Gasteiger partial charge in [-0.15, -0.1) is 0 Å². The fourth-order valence-corrected chi connectivity index (χ4v) is 3.37. The van der Waals surface area contributed by atoms with Gasteiger partial charge in [0.2, 0.25) is 0 Å². The standard InChI is InChI=1S/C14H14O3/c1-14(13(16)17)7-10-8-4-2-3-5-9(8)11(14)6-12(10)15/h2-5,10-11H,6-7H2,1H3,(H,16,17)/t10-,11?,14-/m0/s1. The minimum Gasteiger partial charge on any atom is -0.481 e. The first kappa shape index (κ1) is 10.5. The zero-order valence-corrected chi connectivity index (χ0v) is 9.64. The molecule has 0 spiro atoms. The summed E-state index contributed by atoms with van der Waals surface area (Å²) in [6.07, 6.45) is 0.827. The lowest BCUT2D eigenvalue weighted by Gasteiger charge is -2.47. The number of Topliss-reactive ketones (excluding diaryl/α,β-unsaturated/α-hetero) is 1. The van der Waals surface area contributed by atoms with Gasteiger partial charge in [0, 0.05) is 18.3 Å². The summed E-state index contributed by atoms with van der Waals surface area (Å²) in [6, 6.07) is 7.78. The first-order chi connectivity index (χ1) is 8.04.